The molecule has 1 aromatic carbocycles. The van der Waals surface area contributed by atoms with Crippen molar-refractivity contribution in [3.8, 4) is 0 Å². The highest BCUT2D eigenvalue weighted by atomic mass is 32.2. The summed E-state index contributed by atoms with van der Waals surface area (Å²) in [5.74, 6) is 2.07. The standard InChI is InChI=1S/C17H24N2S/c1-14-6-5-10-17(12-14)13-20-16(19-17)18-11-9-15-7-3-2-4-8-15/h2-4,7-8,14H,5-6,9-13H2,1H3,(H,18,19). The minimum absolute atomic E-state index is 0.355. The van der Waals surface area contributed by atoms with Crippen LogP contribution in [0.2, 0.25) is 0 Å². The van der Waals surface area contributed by atoms with E-state index in [2.05, 4.69) is 42.6 Å². The van der Waals surface area contributed by atoms with Crippen molar-refractivity contribution in [2.45, 2.75) is 44.6 Å². The highest BCUT2D eigenvalue weighted by molar-refractivity contribution is 8.14. The third-order valence-corrected chi connectivity index (χ3v) is 5.65. The van der Waals surface area contributed by atoms with Crippen molar-refractivity contribution in [3.05, 3.63) is 35.9 Å². The van der Waals surface area contributed by atoms with Crippen LogP contribution in [0.1, 0.15) is 38.2 Å². The van der Waals surface area contributed by atoms with Gasteiger partial charge in [0.15, 0.2) is 5.17 Å². The molecule has 0 amide bonds. The maximum absolute atomic E-state index is 4.76. The normalized spacial score (nSPS) is 31.6. The van der Waals surface area contributed by atoms with Gasteiger partial charge in [0, 0.05) is 17.8 Å². The van der Waals surface area contributed by atoms with Gasteiger partial charge in [-0.2, -0.15) is 0 Å². The summed E-state index contributed by atoms with van der Waals surface area (Å²) in [6.07, 6.45) is 6.44. The largest absolute Gasteiger partial charge is 0.359 e. The topological polar surface area (TPSA) is 24.4 Å². The molecule has 1 aliphatic carbocycles. The number of nitrogens with one attached hydrogen (secondary N) is 1. The molecule has 0 radical (unpaired) electrons. The molecular formula is C17H24N2S. The Morgan fingerprint density at radius 3 is 3.00 bits per heavy atom. The summed E-state index contributed by atoms with van der Waals surface area (Å²) in [7, 11) is 0. The number of hydrogen-bond donors (Lipinski definition) is 1. The highest BCUT2D eigenvalue weighted by Gasteiger charge is 2.40. The second-order valence-electron chi connectivity index (χ2n) is 6.32. The lowest BCUT2D eigenvalue weighted by Gasteiger charge is -2.36. The van der Waals surface area contributed by atoms with Crippen LogP contribution in [0.25, 0.3) is 0 Å². The van der Waals surface area contributed by atoms with Crippen molar-refractivity contribution >= 4 is 16.9 Å². The number of hydrogen-bond acceptors (Lipinski definition) is 2. The van der Waals surface area contributed by atoms with Gasteiger partial charge in [-0.05, 0) is 30.7 Å². The Labute approximate surface area is 126 Å². The average Bonchev–Trinajstić information content (AvgIpc) is 2.82. The molecule has 0 bridgehead atoms. The van der Waals surface area contributed by atoms with Gasteiger partial charge in [0.25, 0.3) is 0 Å². The van der Waals surface area contributed by atoms with E-state index in [0.29, 0.717) is 5.54 Å². The van der Waals surface area contributed by atoms with Crippen LogP contribution in [0, 0.1) is 5.92 Å². The smallest absolute Gasteiger partial charge is 0.157 e. The van der Waals surface area contributed by atoms with Crippen LogP contribution in [-0.2, 0) is 6.42 Å². The zero-order valence-corrected chi connectivity index (χ0v) is 13.1. The SMILES string of the molecule is CC1CCCC2(CSC(=NCCc3ccccc3)N2)C1. The number of benzene rings is 1. The van der Waals surface area contributed by atoms with E-state index in [4.69, 9.17) is 4.99 Å². The molecule has 0 aromatic heterocycles. The molecular weight excluding hydrogens is 264 g/mol. The second-order valence-corrected chi connectivity index (χ2v) is 7.28. The number of thioether (sulfide) groups is 1. The minimum Gasteiger partial charge on any atom is -0.359 e. The lowest BCUT2D eigenvalue weighted by atomic mass is 9.78. The van der Waals surface area contributed by atoms with Gasteiger partial charge in [-0.25, -0.2) is 0 Å². The van der Waals surface area contributed by atoms with Gasteiger partial charge < -0.3 is 5.32 Å². The van der Waals surface area contributed by atoms with Gasteiger partial charge in [0.05, 0.1) is 0 Å². The van der Waals surface area contributed by atoms with E-state index in [9.17, 15) is 0 Å². The third kappa shape index (κ3) is 3.38. The molecule has 1 heterocycles. The summed E-state index contributed by atoms with van der Waals surface area (Å²) in [6.45, 7) is 3.28. The zero-order chi connectivity index (χ0) is 13.8. The van der Waals surface area contributed by atoms with Gasteiger partial charge in [0.1, 0.15) is 0 Å². The molecule has 2 aliphatic rings. The van der Waals surface area contributed by atoms with Gasteiger partial charge in [-0.3, -0.25) is 4.99 Å². The molecule has 3 heteroatoms. The molecule has 3 rings (SSSR count). The monoisotopic (exact) mass is 288 g/mol. The first-order valence-corrected chi connectivity index (χ1v) is 8.74. The van der Waals surface area contributed by atoms with Crippen molar-refractivity contribution in [3.63, 3.8) is 0 Å². The van der Waals surface area contributed by atoms with Gasteiger partial charge in [-0.15, -0.1) is 0 Å². The van der Waals surface area contributed by atoms with Crippen LogP contribution in [0.3, 0.4) is 0 Å². The van der Waals surface area contributed by atoms with E-state index >= 15 is 0 Å². The van der Waals surface area contributed by atoms with Crippen molar-refractivity contribution in [2.75, 3.05) is 12.3 Å². The maximum Gasteiger partial charge on any atom is 0.157 e. The molecule has 2 fully saturated rings. The first kappa shape index (κ1) is 14.0. The summed E-state index contributed by atoms with van der Waals surface area (Å²) in [5, 5.41) is 4.91. The fraction of sp³-hybridized carbons (Fsp3) is 0.588. The van der Waals surface area contributed by atoms with Crippen LogP contribution in [-0.4, -0.2) is 23.0 Å². The maximum atomic E-state index is 4.76. The van der Waals surface area contributed by atoms with E-state index in [1.54, 1.807) is 0 Å². The van der Waals surface area contributed by atoms with Crippen molar-refractivity contribution in [1.29, 1.82) is 0 Å². The minimum atomic E-state index is 0.355. The van der Waals surface area contributed by atoms with Gasteiger partial charge in [-0.1, -0.05) is 61.9 Å². The number of aliphatic imine (C=N–C) groups is 1. The zero-order valence-electron chi connectivity index (χ0n) is 12.3. The van der Waals surface area contributed by atoms with E-state index in [-0.39, 0.29) is 0 Å². The van der Waals surface area contributed by atoms with Crippen LogP contribution in [0.15, 0.2) is 35.3 Å². The van der Waals surface area contributed by atoms with Crippen molar-refractivity contribution < 1.29 is 0 Å². The first-order chi connectivity index (χ1) is 9.76. The predicted molar refractivity (Wildman–Crippen MR) is 88.4 cm³/mol. The Hall–Kier alpha value is -0.960. The van der Waals surface area contributed by atoms with Gasteiger partial charge in [0.2, 0.25) is 0 Å². The van der Waals surface area contributed by atoms with Crippen LogP contribution >= 0.6 is 11.8 Å². The van der Waals surface area contributed by atoms with E-state index in [0.717, 1.165) is 18.9 Å². The third-order valence-electron chi connectivity index (χ3n) is 4.45. The fourth-order valence-electron chi connectivity index (χ4n) is 3.43. The first-order valence-electron chi connectivity index (χ1n) is 7.75. The van der Waals surface area contributed by atoms with Crippen molar-refractivity contribution in [2.24, 2.45) is 10.9 Å². The summed E-state index contributed by atoms with van der Waals surface area (Å²) < 4.78 is 0. The van der Waals surface area contributed by atoms with Crippen molar-refractivity contribution in [1.82, 2.24) is 5.32 Å². The predicted octanol–water partition coefficient (Wildman–Crippen LogP) is 3.87. The molecule has 2 unspecified atom stereocenters. The molecule has 1 saturated heterocycles. The molecule has 1 N–H and O–H groups in total. The Morgan fingerprint density at radius 2 is 2.20 bits per heavy atom. The fourth-order valence-corrected chi connectivity index (χ4v) is 4.65. The Bertz CT molecular complexity index is 471. The number of nitrogens with zero attached hydrogens (tertiary/aromatic N) is 1. The Balaban J connectivity index is 1.53. The number of amidine groups is 1. The Kier molecular flexibility index (Phi) is 4.35. The van der Waals surface area contributed by atoms with Gasteiger partial charge >= 0.3 is 0 Å². The lowest BCUT2D eigenvalue weighted by Crippen LogP contribution is -2.47. The summed E-state index contributed by atoms with van der Waals surface area (Å²) in [5.41, 5.74) is 1.73. The van der Waals surface area contributed by atoms with E-state index in [1.807, 2.05) is 11.8 Å². The second kappa shape index (κ2) is 6.21. The molecule has 2 atom stereocenters. The molecule has 20 heavy (non-hydrogen) atoms. The molecule has 1 aromatic rings. The quantitative estimate of drug-likeness (QED) is 0.913. The summed E-state index contributed by atoms with van der Waals surface area (Å²) >= 11 is 1.92. The molecule has 1 saturated carbocycles. The summed E-state index contributed by atoms with van der Waals surface area (Å²) in [6, 6.07) is 10.6. The van der Waals surface area contributed by atoms with Crippen LogP contribution < -0.4 is 5.32 Å². The lowest BCUT2D eigenvalue weighted by molar-refractivity contribution is 0.242. The Morgan fingerprint density at radius 1 is 1.35 bits per heavy atom. The average molecular weight is 288 g/mol. The van der Waals surface area contributed by atoms with E-state index < -0.39 is 0 Å². The van der Waals surface area contributed by atoms with Crippen LogP contribution in [0.5, 0.6) is 0 Å². The molecule has 1 aliphatic heterocycles. The highest BCUT2D eigenvalue weighted by Crippen LogP contribution is 2.38. The molecule has 1 spiro atoms. The van der Waals surface area contributed by atoms with Crippen LogP contribution in [0.4, 0.5) is 0 Å². The number of rotatable bonds is 3. The summed E-state index contributed by atoms with van der Waals surface area (Å²) in [4.78, 5) is 4.76. The molecule has 2 nitrogen and oxygen atoms in total. The molecule has 108 valence electrons. The van der Waals surface area contributed by atoms with E-state index in [1.165, 1.54) is 42.2 Å².